The number of carbonyl (C=O) groups excluding carboxylic acids is 1. The molecule has 3 aromatic rings. The highest BCUT2D eigenvalue weighted by atomic mass is 35.5. The maximum absolute atomic E-state index is 12.5. The number of halogens is 1. The first-order chi connectivity index (χ1) is 14.6. The Morgan fingerprint density at radius 2 is 1.83 bits per heavy atom. The number of rotatable bonds is 7. The van der Waals surface area contributed by atoms with Crippen LogP contribution in [0.2, 0.25) is 5.02 Å². The van der Waals surface area contributed by atoms with Gasteiger partial charge in [0.05, 0.1) is 7.11 Å². The predicted octanol–water partition coefficient (Wildman–Crippen LogP) is 5.47. The molecule has 0 saturated heterocycles. The Hall–Kier alpha value is -3.75. The molecule has 0 atom stereocenters. The van der Waals surface area contributed by atoms with Gasteiger partial charge in [0.15, 0.2) is 0 Å². The Bertz CT molecular complexity index is 1100. The standard InChI is InChI=1S/C24H19ClN2O3/c1-29-21-11-9-20(10-12-21)27-24(28)19(15-26)13-17-5-4-7-22(14-17)30-16-18-6-2-3-8-23(18)25/h2-14H,16H2,1H3,(H,27,28)/b19-13+. The van der Waals surface area contributed by atoms with Gasteiger partial charge in [-0.25, -0.2) is 0 Å². The van der Waals surface area contributed by atoms with Gasteiger partial charge in [-0.1, -0.05) is 41.9 Å². The highest BCUT2D eigenvalue weighted by Crippen LogP contribution is 2.21. The van der Waals surface area contributed by atoms with Crippen molar-refractivity contribution in [2.24, 2.45) is 0 Å². The first-order valence-corrected chi connectivity index (χ1v) is 9.50. The largest absolute Gasteiger partial charge is 0.497 e. The van der Waals surface area contributed by atoms with E-state index in [1.807, 2.05) is 24.3 Å². The monoisotopic (exact) mass is 418 g/mol. The molecule has 0 aliphatic heterocycles. The molecular formula is C24H19ClN2O3. The van der Waals surface area contributed by atoms with E-state index in [0.29, 0.717) is 34.4 Å². The van der Waals surface area contributed by atoms with Crippen LogP contribution in [0.5, 0.6) is 11.5 Å². The molecule has 3 rings (SSSR count). The van der Waals surface area contributed by atoms with Crippen molar-refractivity contribution in [3.05, 3.63) is 94.5 Å². The minimum atomic E-state index is -0.495. The van der Waals surface area contributed by atoms with Gasteiger partial charge in [-0.3, -0.25) is 4.79 Å². The Kier molecular flexibility index (Phi) is 7.09. The number of methoxy groups -OCH3 is 1. The minimum Gasteiger partial charge on any atom is -0.497 e. The van der Waals surface area contributed by atoms with E-state index in [4.69, 9.17) is 21.1 Å². The van der Waals surface area contributed by atoms with Crippen LogP contribution in [0.1, 0.15) is 11.1 Å². The summed E-state index contributed by atoms with van der Waals surface area (Å²) in [7, 11) is 1.57. The number of hydrogen-bond acceptors (Lipinski definition) is 4. The molecule has 0 aliphatic carbocycles. The molecule has 0 saturated carbocycles. The van der Waals surface area contributed by atoms with Gasteiger partial charge >= 0.3 is 0 Å². The van der Waals surface area contributed by atoms with Gasteiger partial charge in [-0.2, -0.15) is 5.26 Å². The van der Waals surface area contributed by atoms with Gasteiger partial charge < -0.3 is 14.8 Å². The lowest BCUT2D eigenvalue weighted by molar-refractivity contribution is -0.112. The third-order valence-electron chi connectivity index (χ3n) is 4.23. The number of benzene rings is 3. The van der Waals surface area contributed by atoms with E-state index in [1.54, 1.807) is 61.7 Å². The van der Waals surface area contributed by atoms with Crippen molar-refractivity contribution in [2.75, 3.05) is 12.4 Å². The fraction of sp³-hybridized carbons (Fsp3) is 0.0833. The highest BCUT2D eigenvalue weighted by molar-refractivity contribution is 6.31. The van der Waals surface area contributed by atoms with Gasteiger partial charge in [0, 0.05) is 16.3 Å². The molecule has 0 heterocycles. The molecule has 1 N–H and O–H groups in total. The summed E-state index contributed by atoms with van der Waals surface area (Å²) in [6.07, 6.45) is 1.52. The summed E-state index contributed by atoms with van der Waals surface area (Å²) in [5, 5.41) is 12.8. The molecule has 5 nitrogen and oxygen atoms in total. The molecule has 150 valence electrons. The number of amides is 1. The second-order valence-electron chi connectivity index (χ2n) is 6.31. The van der Waals surface area contributed by atoms with Crippen LogP contribution in [0.4, 0.5) is 5.69 Å². The van der Waals surface area contributed by atoms with E-state index in [1.165, 1.54) is 6.08 Å². The zero-order chi connectivity index (χ0) is 21.3. The lowest BCUT2D eigenvalue weighted by atomic mass is 10.1. The van der Waals surface area contributed by atoms with Crippen LogP contribution in [0.15, 0.2) is 78.4 Å². The molecule has 0 unspecified atom stereocenters. The van der Waals surface area contributed by atoms with Crippen LogP contribution in [0.25, 0.3) is 6.08 Å². The Morgan fingerprint density at radius 1 is 1.07 bits per heavy atom. The lowest BCUT2D eigenvalue weighted by Crippen LogP contribution is -2.13. The van der Waals surface area contributed by atoms with E-state index in [2.05, 4.69) is 5.32 Å². The Balaban J connectivity index is 1.70. The normalized spacial score (nSPS) is 10.8. The van der Waals surface area contributed by atoms with Crippen molar-refractivity contribution in [1.82, 2.24) is 0 Å². The van der Waals surface area contributed by atoms with Gasteiger partial charge in [-0.15, -0.1) is 0 Å². The summed E-state index contributed by atoms with van der Waals surface area (Å²) in [6, 6.07) is 23.4. The summed E-state index contributed by atoms with van der Waals surface area (Å²) < 4.78 is 10.9. The van der Waals surface area contributed by atoms with E-state index >= 15 is 0 Å². The first-order valence-electron chi connectivity index (χ1n) is 9.12. The van der Waals surface area contributed by atoms with Crippen molar-refractivity contribution in [2.45, 2.75) is 6.61 Å². The number of ether oxygens (including phenoxy) is 2. The molecule has 0 aliphatic rings. The fourth-order valence-corrected chi connectivity index (χ4v) is 2.85. The van der Waals surface area contributed by atoms with Gasteiger partial charge in [0.2, 0.25) is 0 Å². The number of anilines is 1. The minimum absolute atomic E-state index is 0.0194. The Morgan fingerprint density at radius 3 is 2.53 bits per heavy atom. The summed E-state index contributed by atoms with van der Waals surface area (Å²) in [4.78, 5) is 12.5. The number of nitrogens with one attached hydrogen (secondary N) is 1. The van der Waals surface area contributed by atoms with Gasteiger partial charge in [0.25, 0.3) is 5.91 Å². The molecule has 3 aromatic carbocycles. The Labute approximate surface area is 180 Å². The van der Waals surface area contributed by atoms with E-state index in [9.17, 15) is 10.1 Å². The van der Waals surface area contributed by atoms with Crippen LogP contribution in [0, 0.1) is 11.3 Å². The van der Waals surface area contributed by atoms with Crippen molar-refractivity contribution in [1.29, 1.82) is 5.26 Å². The molecule has 6 heteroatoms. The highest BCUT2D eigenvalue weighted by Gasteiger charge is 2.10. The third-order valence-corrected chi connectivity index (χ3v) is 4.60. The van der Waals surface area contributed by atoms with Crippen LogP contribution in [-0.4, -0.2) is 13.0 Å². The van der Waals surface area contributed by atoms with Crippen LogP contribution in [0.3, 0.4) is 0 Å². The summed E-state index contributed by atoms with van der Waals surface area (Å²) in [5.74, 6) is 0.791. The third kappa shape index (κ3) is 5.63. The number of hydrogen-bond donors (Lipinski definition) is 1. The summed E-state index contributed by atoms with van der Waals surface area (Å²) >= 11 is 6.15. The van der Waals surface area contributed by atoms with E-state index < -0.39 is 5.91 Å². The van der Waals surface area contributed by atoms with Crippen molar-refractivity contribution < 1.29 is 14.3 Å². The van der Waals surface area contributed by atoms with Crippen LogP contribution >= 0.6 is 11.6 Å². The SMILES string of the molecule is COc1ccc(NC(=O)/C(C#N)=C/c2cccc(OCc3ccccc3Cl)c2)cc1. The van der Waals surface area contributed by atoms with Crippen molar-refractivity contribution in [3.63, 3.8) is 0 Å². The smallest absolute Gasteiger partial charge is 0.266 e. The second kappa shape index (κ2) is 10.1. The number of nitrogens with zero attached hydrogens (tertiary/aromatic N) is 1. The van der Waals surface area contributed by atoms with Crippen molar-refractivity contribution in [3.8, 4) is 17.6 Å². The molecule has 0 bridgehead atoms. The van der Waals surface area contributed by atoms with E-state index in [-0.39, 0.29) is 5.57 Å². The molecule has 0 aromatic heterocycles. The molecule has 0 fully saturated rings. The van der Waals surface area contributed by atoms with Crippen molar-refractivity contribution >= 4 is 29.3 Å². The second-order valence-corrected chi connectivity index (χ2v) is 6.71. The summed E-state index contributed by atoms with van der Waals surface area (Å²) in [6.45, 7) is 0.315. The lowest BCUT2D eigenvalue weighted by Gasteiger charge is -2.09. The zero-order valence-electron chi connectivity index (χ0n) is 16.3. The molecular weight excluding hydrogens is 400 g/mol. The summed E-state index contributed by atoms with van der Waals surface area (Å²) in [5.41, 5.74) is 2.10. The molecule has 1 amide bonds. The van der Waals surface area contributed by atoms with Crippen LogP contribution < -0.4 is 14.8 Å². The first kappa shape index (κ1) is 21.0. The predicted molar refractivity (Wildman–Crippen MR) is 117 cm³/mol. The average Bonchev–Trinajstić information content (AvgIpc) is 2.77. The van der Waals surface area contributed by atoms with Gasteiger partial charge in [-0.05, 0) is 54.1 Å². The number of nitriles is 1. The zero-order valence-corrected chi connectivity index (χ0v) is 17.0. The molecule has 30 heavy (non-hydrogen) atoms. The topological polar surface area (TPSA) is 71.3 Å². The molecule has 0 spiro atoms. The average molecular weight is 419 g/mol. The molecule has 0 radical (unpaired) electrons. The quantitative estimate of drug-likeness (QED) is 0.407. The maximum Gasteiger partial charge on any atom is 0.266 e. The fourth-order valence-electron chi connectivity index (χ4n) is 2.66. The van der Waals surface area contributed by atoms with E-state index in [0.717, 1.165) is 5.56 Å². The van der Waals surface area contributed by atoms with Crippen LogP contribution in [-0.2, 0) is 11.4 Å². The number of carbonyl (C=O) groups is 1. The maximum atomic E-state index is 12.5. The van der Waals surface area contributed by atoms with Gasteiger partial charge in [0.1, 0.15) is 29.7 Å².